The van der Waals surface area contributed by atoms with Crippen molar-refractivity contribution in [1.29, 1.82) is 0 Å². The lowest BCUT2D eigenvalue weighted by molar-refractivity contribution is -0.384. The first-order valence-corrected chi connectivity index (χ1v) is 7.66. The minimum absolute atomic E-state index is 0.0375. The molecular weight excluding hydrogens is 393 g/mol. The zero-order valence-electron chi connectivity index (χ0n) is 12.7. The van der Waals surface area contributed by atoms with Gasteiger partial charge >= 0.3 is 6.18 Å². The first kappa shape index (κ1) is 19.6. The fraction of sp³-hybridized carbons (Fsp3) is 0.0667. The van der Waals surface area contributed by atoms with Crippen LogP contribution >= 0.6 is 23.8 Å². The molecule has 0 aliphatic rings. The Labute approximate surface area is 155 Å². The highest BCUT2D eigenvalue weighted by Crippen LogP contribution is 2.33. The lowest BCUT2D eigenvalue weighted by Crippen LogP contribution is -2.24. The minimum Gasteiger partial charge on any atom is -0.330 e. The number of anilines is 1. The number of hydrogen-bond donors (Lipinski definition) is 2. The average molecular weight is 403 g/mol. The van der Waals surface area contributed by atoms with Gasteiger partial charge in [-0.3, -0.25) is 15.5 Å². The smallest absolute Gasteiger partial charge is 0.330 e. The molecule has 136 valence electrons. The molecule has 0 saturated carbocycles. The summed E-state index contributed by atoms with van der Waals surface area (Å²) in [6.45, 7) is 0. The second-order valence-electron chi connectivity index (χ2n) is 4.87. The number of nitrogens with zero attached hydrogens (tertiary/aromatic N) is 2. The van der Waals surface area contributed by atoms with Gasteiger partial charge in [-0.15, -0.1) is 0 Å². The van der Waals surface area contributed by atoms with E-state index in [2.05, 4.69) is 15.8 Å². The molecule has 2 aromatic rings. The summed E-state index contributed by atoms with van der Waals surface area (Å²) in [6.07, 6.45) is -3.25. The van der Waals surface area contributed by atoms with Gasteiger partial charge in [-0.05, 0) is 30.4 Å². The maximum atomic E-state index is 12.7. The zero-order valence-corrected chi connectivity index (χ0v) is 14.3. The first-order valence-electron chi connectivity index (χ1n) is 6.88. The van der Waals surface area contributed by atoms with E-state index in [9.17, 15) is 23.3 Å². The van der Waals surface area contributed by atoms with Gasteiger partial charge in [-0.25, -0.2) is 0 Å². The number of hydrazone groups is 1. The standard InChI is InChI=1S/C15H10ClF3N4O2S/c16-12-5-4-10(15(17,18)19)7-13(12)21-14(26)22-20-8-9-2-1-3-11(6-9)23(24)25/h1-8H,(H2,21,22,26). The molecule has 6 nitrogen and oxygen atoms in total. The highest BCUT2D eigenvalue weighted by atomic mass is 35.5. The lowest BCUT2D eigenvalue weighted by atomic mass is 10.2. The molecule has 0 aliphatic carbocycles. The van der Waals surface area contributed by atoms with Crippen molar-refractivity contribution in [1.82, 2.24) is 5.43 Å². The van der Waals surface area contributed by atoms with Crippen LogP contribution in [0.15, 0.2) is 47.6 Å². The molecular formula is C15H10ClF3N4O2S. The van der Waals surface area contributed by atoms with Crippen molar-refractivity contribution in [2.24, 2.45) is 5.10 Å². The van der Waals surface area contributed by atoms with Gasteiger partial charge in [-0.1, -0.05) is 23.7 Å². The van der Waals surface area contributed by atoms with Gasteiger partial charge in [0.25, 0.3) is 5.69 Å². The summed E-state index contributed by atoms with van der Waals surface area (Å²) in [4.78, 5) is 10.1. The van der Waals surface area contributed by atoms with Crippen LogP contribution in [0, 0.1) is 10.1 Å². The van der Waals surface area contributed by atoms with Gasteiger partial charge in [0.1, 0.15) is 0 Å². The van der Waals surface area contributed by atoms with Crippen LogP contribution < -0.4 is 10.7 Å². The van der Waals surface area contributed by atoms with Crippen molar-refractivity contribution in [3.05, 3.63) is 68.7 Å². The number of halogens is 4. The van der Waals surface area contributed by atoms with Gasteiger partial charge in [0.15, 0.2) is 5.11 Å². The van der Waals surface area contributed by atoms with Crippen LogP contribution in [-0.2, 0) is 6.18 Å². The third-order valence-electron chi connectivity index (χ3n) is 3.00. The number of alkyl halides is 3. The van der Waals surface area contributed by atoms with Crippen molar-refractivity contribution in [2.45, 2.75) is 6.18 Å². The summed E-state index contributed by atoms with van der Waals surface area (Å²) in [7, 11) is 0. The molecule has 0 saturated heterocycles. The monoisotopic (exact) mass is 402 g/mol. The Hall–Kier alpha value is -2.72. The molecule has 0 spiro atoms. The Morgan fingerprint density at radius 2 is 2.00 bits per heavy atom. The number of rotatable bonds is 4. The average Bonchev–Trinajstić information content (AvgIpc) is 2.56. The molecule has 2 rings (SSSR count). The topological polar surface area (TPSA) is 79.6 Å². The second kappa shape index (κ2) is 8.11. The van der Waals surface area contributed by atoms with E-state index in [1.807, 2.05) is 0 Å². The minimum atomic E-state index is -4.52. The van der Waals surface area contributed by atoms with Gasteiger partial charge in [0.2, 0.25) is 0 Å². The van der Waals surface area contributed by atoms with Crippen molar-refractivity contribution < 1.29 is 18.1 Å². The lowest BCUT2D eigenvalue weighted by Gasteiger charge is -2.12. The molecule has 0 bridgehead atoms. The highest BCUT2D eigenvalue weighted by Gasteiger charge is 2.31. The summed E-state index contributed by atoms with van der Waals surface area (Å²) in [6, 6.07) is 8.46. The number of thiocarbonyl (C=S) groups is 1. The summed E-state index contributed by atoms with van der Waals surface area (Å²) in [5.41, 5.74) is 1.80. The van der Waals surface area contributed by atoms with Gasteiger partial charge in [0, 0.05) is 17.7 Å². The van der Waals surface area contributed by atoms with E-state index in [1.165, 1.54) is 24.4 Å². The number of nitro groups is 1. The van der Waals surface area contributed by atoms with E-state index in [0.717, 1.165) is 18.2 Å². The number of hydrogen-bond acceptors (Lipinski definition) is 4. The predicted molar refractivity (Wildman–Crippen MR) is 96.5 cm³/mol. The fourth-order valence-corrected chi connectivity index (χ4v) is 2.16. The van der Waals surface area contributed by atoms with Crippen LogP contribution in [0.4, 0.5) is 24.5 Å². The molecule has 0 unspecified atom stereocenters. The number of nitro benzene ring substituents is 1. The second-order valence-corrected chi connectivity index (χ2v) is 5.68. The Bertz CT molecular complexity index is 874. The largest absolute Gasteiger partial charge is 0.416 e. The normalized spacial score (nSPS) is 11.4. The zero-order chi connectivity index (χ0) is 19.3. The SMILES string of the molecule is O=[N+]([O-])c1cccc(C=NNC(=S)Nc2cc(C(F)(F)F)ccc2Cl)c1. The van der Waals surface area contributed by atoms with Crippen LogP contribution in [0.1, 0.15) is 11.1 Å². The maximum Gasteiger partial charge on any atom is 0.416 e. The molecule has 2 N–H and O–H groups in total. The molecule has 0 aromatic heterocycles. The van der Waals surface area contributed by atoms with Crippen molar-refractivity contribution >= 4 is 46.5 Å². The van der Waals surface area contributed by atoms with E-state index in [-0.39, 0.29) is 21.5 Å². The molecule has 26 heavy (non-hydrogen) atoms. The molecule has 0 heterocycles. The summed E-state index contributed by atoms with van der Waals surface area (Å²) >= 11 is 10.8. The van der Waals surface area contributed by atoms with E-state index in [1.54, 1.807) is 6.07 Å². The van der Waals surface area contributed by atoms with Crippen molar-refractivity contribution in [2.75, 3.05) is 5.32 Å². The third-order valence-corrected chi connectivity index (χ3v) is 3.53. The predicted octanol–water partition coefficient (Wildman–Crippen LogP) is 4.59. The Kier molecular flexibility index (Phi) is 6.11. The molecule has 0 amide bonds. The summed E-state index contributed by atoms with van der Waals surface area (Å²) in [5.74, 6) is 0. The highest BCUT2D eigenvalue weighted by molar-refractivity contribution is 7.80. The van der Waals surface area contributed by atoms with E-state index < -0.39 is 16.7 Å². The maximum absolute atomic E-state index is 12.7. The van der Waals surface area contributed by atoms with E-state index >= 15 is 0 Å². The quantitative estimate of drug-likeness (QED) is 0.338. The van der Waals surface area contributed by atoms with Crippen LogP contribution in [0.5, 0.6) is 0 Å². The van der Waals surface area contributed by atoms with Gasteiger partial charge in [-0.2, -0.15) is 18.3 Å². The number of nitrogens with one attached hydrogen (secondary N) is 2. The molecule has 11 heteroatoms. The van der Waals surface area contributed by atoms with Crippen LogP contribution in [-0.4, -0.2) is 16.3 Å². The molecule has 0 fully saturated rings. The Morgan fingerprint density at radius 3 is 2.65 bits per heavy atom. The molecule has 0 radical (unpaired) electrons. The third kappa shape index (κ3) is 5.39. The molecule has 0 aliphatic heterocycles. The molecule has 2 aromatic carbocycles. The summed E-state index contributed by atoms with van der Waals surface area (Å²) < 4.78 is 38.2. The van der Waals surface area contributed by atoms with Crippen LogP contribution in [0.25, 0.3) is 0 Å². The summed E-state index contributed by atoms with van der Waals surface area (Å²) in [5, 5.41) is 16.9. The van der Waals surface area contributed by atoms with E-state index in [0.29, 0.717) is 5.56 Å². The van der Waals surface area contributed by atoms with Crippen molar-refractivity contribution in [3.63, 3.8) is 0 Å². The van der Waals surface area contributed by atoms with E-state index in [4.69, 9.17) is 23.8 Å². The Morgan fingerprint density at radius 1 is 1.27 bits per heavy atom. The van der Waals surface area contributed by atoms with Gasteiger partial charge < -0.3 is 5.32 Å². The van der Waals surface area contributed by atoms with Crippen molar-refractivity contribution in [3.8, 4) is 0 Å². The molecule has 0 atom stereocenters. The first-order chi connectivity index (χ1) is 12.2. The fourth-order valence-electron chi connectivity index (χ4n) is 1.83. The number of non-ortho nitro benzene ring substituents is 1. The number of benzene rings is 2. The van der Waals surface area contributed by atoms with Gasteiger partial charge in [0.05, 0.1) is 27.4 Å². The van der Waals surface area contributed by atoms with Crippen LogP contribution in [0.2, 0.25) is 5.02 Å². The Balaban J connectivity index is 2.03. The van der Waals surface area contributed by atoms with Crippen LogP contribution in [0.3, 0.4) is 0 Å².